The summed E-state index contributed by atoms with van der Waals surface area (Å²) >= 11 is 0. The van der Waals surface area contributed by atoms with Gasteiger partial charge in [-0.1, -0.05) is 6.92 Å². The fourth-order valence-corrected chi connectivity index (χ4v) is 1.16. The van der Waals surface area contributed by atoms with Gasteiger partial charge in [0.1, 0.15) is 0 Å². The van der Waals surface area contributed by atoms with Crippen LogP contribution >= 0.6 is 0 Å². The molecule has 0 heterocycles. The third kappa shape index (κ3) is 10.7. The van der Waals surface area contributed by atoms with Crippen molar-refractivity contribution in [1.29, 1.82) is 0 Å². The van der Waals surface area contributed by atoms with Crippen molar-refractivity contribution in [2.45, 2.75) is 52.4 Å². The van der Waals surface area contributed by atoms with Crippen molar-refractivity contribution in [3.8, 4) is 0 Å². The molecular formula is C13H28O4. The summed E-state index contributed by atoms with van der Waals surface area (Å²) in [5, 5.41) is 0. The highest BCUT2D eigenvalue weighted by atomic mass is 16.6. The molecule has 3 unspecified atom stereocenters. The van der Waals surface area contributed by atoms with Gasteiger partial charge >= 0.3 is 0 Å². The predicted octanol–water partition coefficient (Wildman–Crippen LogP) is 2.26. The predicted molar refractivity (Wildman–Crippen MR) is 68.4 cm³/mol. The Morgan fingerprint density at radius 2 is 1.35 bits per heavy atom. The standard InChI is InChI=1S/C13H28O4/c1-6-7-15-8-12(3)17-10-13(4)16-9-11(2)14-5/h11-13H,6-10H2,1-5H3. The molecule has 0 aliphatic rings. The van der Waals surface area contributed by atoms with Crippen LogP contribution in [0.4, 0.5) is 0 Å². The summed E-state index contributed by atoms with van der Waals surface area (Å²) in [4.78, 5) is 0. The molecule has 104 valence electrons. The third-order valence-corrected chi connectivity index (χ3v) is 2.33. The first-order chi connectivity index (χ1) is 8.10. The first kappa shape index (κ1) is 16.8. The molecule has 3 atom stereocenters. The molecule has 0 aromatic carbocycles. The van der Waals surface area contributed by atoms with E-state index in [1.807, 2.05) is 20.8 Å². The summed E-state index contributed by atoms with van der Waals surface area (Å²) < 4.78 is 21.7. The molecule has 0 N–H and O–H groups in total. The van der Waals surface area contributed by atoms with E-state index in [0.29, 0.717) is 19.8 Å². The molecule has 0 rings (SSSR count). The van der Waals surface area contributed by atoms with Crippen molar-refractivity contribution in [3.63, 3.8) is 0 Å². The fraction of sp³-hybridized carbons (Fsp3) is 1.00. The molecular weight excluding hydrogens is 220 g/mol. The van der Waals surface area contributed by atoms with Crippen LogP contribution in [0.15, 0.2) is 0 Å². The summed E-state index contributed by atoms with van der Waals surface area (Å²) in [6, 6.07) is 0. The first-order valence-electron chi connectivity index (χ1n) is 6.43. The largest absolute Gasteiger partial charge is 0.379 e. The van der Waals surface area contributed by atoms with Crippen LogP contribution in [0.5, 0.6) is 0 Å². The monoisotopic (exact) mass is 248 g/mol. The van der Waals surface area contributed by atoms with Crippen molar-refractivity contribution in [2.75, 3.05) is 33.5 Å². The van der Waals surface area contributed by atoms with Crippen LogP contribution in [-0.4, -0.2) is 51.8 Å². The molecule has 0 spiro atoms. The zero-order valence-corrected chi connectivity index (χ0v) is 11.9. The fourth-order valence-electron chi connectivity index (χ4n) is 1.16. The second-order valence-electron chi connectivity index (χ2n) is 4.41. The number of ether oxygens (including phenoxy) is 4. The zero-order chi connectivity index (χ0) is 13.1. The highest BCUT2D eigenvalue weighted by molar-refractivity contribution is 4.54. The molecule has 17 heavy (non-hydrogen) atoms. The van der Waals surface area contributed by atoms with Gasteiger partial charge in [-0.3, -0.25) is 0 Å². The molecule has 4 heteroatoms. The molecule has 0 radical (unpaired) electrons. The highest BCUT2D eigenvalue weighted by Gasteiger charge is 2.08. The lowest BCUT2D eigenvalue weighted by Crippen LogP contribution is -2.26. The van der Waals surface area contributed by atoms with Crippen LogP contribution in [0.2, 0.25) is 0 Å². The van der Waals surface area contributed by atoms with E-state index in [2.05, 4.69) is 6.92 Å². The molecule has 0 aromatic rings. The molecule has 0 bridgehead atoms. The smallest absolute Gasteiger partial charge is 0.0781 e. The van der Waals surface area contributed by atoms with E-state index in [1.165, 1.54) is 0 Å². The summed E-state index contributed by atoms with van der Waals surface area (Å²) in [7, 11) is 1.68. The molecule has 0 aliphatic heterocycles. The molecule has 0 amide bonds. The van der Waals surface area contributed by atoms with E-state index in [9.17, 15) is 0 Å². The Morgan fingerprint density at radius 1 is 0.824 bits per heavy atom. The topological polar surface area (TPSA) is 36.9 Å². The van der Waals surface area contributed by atoms with Crippen LogP contribution in [-0.2, 0) is 18.9 Å². The summed E-state index contributed by atoms with van der Waals surface area (Å²) in [6.45, 7) is 10.7. The molecule has 0 saturated carbocycles. The van der Waals surface area contributed by atoms with Crippen molar-refractivity contribution >= 4 is 0 Å². The summed E-state index contributed by atoms with van der Waals surface area (Å²) in [6.07, 6.45) is 1.37. The van der Waals surface area contributed by atoms with Crippen LogP contribution in [0.1, 0.15) is 34.1 Å². The van der Waals surface area contributed by atoms with Crippen molar-refractivity contribution in [1.82, 2.24) is 0 Å². The number of hydrogen-bond acceptors (Lipinski definition) is 4. The van der Waals surface area contributed by atoms with Crippen LogP contribution in [0, 0.1) is 0 Å². The third-order valence-electron chi connectivity index (χ3n) is 2.33. The van der Waals surface area contributed by atoms with E-state index < -0.39 is 0 Å². The van der Waals surface area contributed by atoms with Gasteiger partial charge in [-0.15, -0.1) is 0 Å². The van der Waals surface area contributed by atoms with Gasteiger partial charge in [-0.25, -0.2) is 0 Å². The molecule has 0 aliphatic carbocycles. The van der Waals surface area contributed by atoms with E-state index in [1.54, 1.807) is 7.11 Å². The SMILES string of the molecule is CCCOCC(C)OCC(C)OCC(C)OC. The summed E-state index contributed by atoms with van der Waals surface area (Å²) in [5.74, 6) is 0. The average Bonchev–Trinajstić information content (AvgIpc) is 2.33. The Morgan fingerprint density at radius 3 is 1.88 bits per heavy atom. The second-order valence-corrected chi connectivity index (χ2v) is 4.41. The van der Waals surface area contributed by atoms with Gasteiger partial charge in [-0.2, -0.15) is 0 Å². The van der Waals surface area contributed by atoms with Gasteiger partial charge in [0.25, 0.3) is 0 Å². The van der Waals surface area contributed by atoms with Crippen LogP contribution in [0.3, 0.4) is 0 Å². The zero-order valence-electron chi connectivity index (χ0n) is 11.9. The Hall–Kier alpha value is -0.160. The van der Waals surface area contributed by atoms with E-state index in [4.69, 9.17) is 18.9 Å². The quantitative estimate of drug-likeness (QED) is 0.526. The minimum Gasteiger partial charge on any atom is -0.379 e. The van der Waals surface area contributed by atoms with Crippen molar-refractivity contribution in [3.05, 3.63) is 0 Å². The molecule has 0 aromatic heterocycles. The van der Waals surface area contributed by atoms with E-state index >= 15 is 0 Å². The second kappa shape index (κ2) is 11.0. The Kier molecular flexibility index (Phi) is 10.9. The van der Waals surface area contributed by atoms with Crippen molar-refractivity contribution in [2.24, 2.45) is 0 Å². The summed E-state index contributed by atoms with van der Waals surface area (Å²) in [5.41, 5.74) is 0. The Balaban J connectivity index is 3.44. The lowest BCUT2D eigenvalue weighted by molar-refractivity contribution is -0.0744. The number of hydrogen-bond donors (Lipinski definition) is 0. The Bertz CT molecular complexity index is 163. The minimum atomic E-state index is 0.0845. The van der Waals surface area contributed by atoms with Gasteiger partial charge in [0, 0.05) is 13.7 Å². The van der Waals surface area contributed by atoms with Gasteiger partial charge in [0.15, 0.2) is 0 Å². The first-order valence-corrected chi connectivity index (χ1v) is 6.43. The molecule has 0 fully saturated rings. The average molecular weight is 248 g/mol. The van der Waals surface area contributed by atoms with E-state index in [-0.39, 0.29) is 18.3 Å². The van der Waals surface area contributed by atoms with Crippen molar-refractivity contribution < 1.29 is 18.9 Å². The maximum absolute atomic E-state index is 5.63. The van der Waals surface area contributed by atoms with E-state index in [0.717, 1.165) is 13.0 Å². The maximum Gasteiger partial charge on any atom is 0.0781 e. The van der Waals surface area contributed by atoms with Gasteiger partial charge in [0.05, 0.1) is 38.1 Å². The lowest BCUT2D eigenvalue weighted by Gasteiger charge is -2.19. The Labute approximate surface area is 106 Å². The van der Waals surface area contributed by atoms with Gasteiger partial charge in [0.2, 0.25) is 0 Å². The normalized spacial score (nSPS) is 16.8. The maximum atomic E-state index is 5.63. The minimum absolute atomic E-state index is 0.0845. The van der Waals surface area contributed by atoms with Gasteiger partial charge < -0.3 is 18.9 Å². The lowest BCUT2D eigenvalue weighted by atomic mass is 10.4. The van der Waals surface area contributed by atoms with Gasteiger partial charge in [-0.05, 0) is 27.2 Å². The highest BCUT2D eigenvalue weighted by Crippen LogP contribution is 2.00. The molecule has 0 saturated heterocycles. The molecule has 4 nitrogen and oxygen atoms in total. The van der Waals surface area contributed by atoms with Crippen LogP contribution < -0.4 is 0 Å². The van der Waals surface area contributed by atoms with Crippen LogP contribution in [0.25, 0.3) is 0 Å². The number of rotatable bonds is 11. The number of methoxy groups -OCH3 is 1.